The molecule has 1 aliphatic rings. The van der Waals surface area contributed by atoms with Gasteiger partial charge in [-0.2, -0.15) is 0 Å². The van der Waals surface area contributed by atoms with Crippen molar-refractivity contribution in [2.75, 3.05) is 0 Å². The second-order valence-corrected chi connectivity index (χ2v) is 7.19. The van der Waals surface area contributed by atoms with Crippen molar-refractivity contribution in [1.82, 2.24) is 14.5 Å². The SMILES string of the molecule is CCn1cc(-c2ncnc3sc4c(c23)CCC4)c2ccccc21. The zero-order chi connectivity index (χ0) is 15.4. The number of rotatable bonds is 2. The van der Waals surface area contributed by atoms with Crippen LogP contribution in [-0.2, 0) is 19.4 Å². The maximum Gasteiger partial charge on any atom is 0.127 e. The van der Waals surface area contributed by atoms with Gasteiger partial charge in [0, 0.05) is 39.5 Å². The van der Waals surface area contributed by atoms with E-state index in [-0.39, 0.29) is 0 Å². The summed E-state index contributed by atoms with van der Waals surface area (Å²) in [6.07, 6.45) is 7.61. The lowest BCUT2D eigenvalue weighted by Crippen LogP contribution is -1.90. The lowest BCUT2D eigenvalue weighted by Gasteiger charge is -2.03. The molecule has 0 N–H and O–H groups in total. The zero-order valence-corrected chi connectivity index (χ0v) is 13.9. The van der Waals surface area contributed by atoms with E-state index in [1.54, 1.807) is 6.33 Å². The first-order valence-corrected chi connectivity index (χ1v) is 9.02. The highest BCUT2D eigenvalue weighted by Crippen LogP contribution is 2.42. The van der Waals surface area contributed by atoms with Crippen molar-refractivity contribution < 1.29 is 0 Å². The average Bonchev–Trinajstić information content (AvgIpc) is 3.26. The lowest BCUT2D eigenvalue weighted by molar-refractivity contribution is 0.798. The predicted molar refractivity (Wildman–Crippen MR) is 96.0 cm³/mol. The maximum atomic E-state index is 4.71. The molecule has 0 spiro atoms. The van der Waals surface area contributed by atoms with Gasteiger partial charge < -0.3 is 4.57 Å². The van der Waals surface area contributed by atoms with Crippen molar-refractivity contribution in [2.24, 2.45) is 0 Å². The highest BCUT2D eigenvalue weighted by atomic mass is 32.1. The molecule has 4 aromatic rings. The van der Waals surface area contributed by atoms with Crippen molar-refractivity contribution in [3.05, 3.63) is 47.2 Å². The van der Waals surface area contributed by atoms with Crippen LogP contribution in [0, 0.1) is 0 Å². The fraction of sp³-hybridized carbons (Fsp3) is 0.263. The third-order valence-electron chi connectivity index (χ3n) is 4.89. The molecule has 3 heterocycles. The normalized spacial score (nSPS) is 14.0. The van der Waals surface area contributed by atoms with Crippen LogP contribution in [0.15, 0.2) is 36.8 Å². The van der Waals surface area contributed by atoms with E-state index in [0.29, 0.717) is 0 Å². The minimum absolute atomic E-state index is 0.969. The second-order valence-electron chi connectivity index (χ2n) is 6.11. The van der Waals surface area contributed by atoms with Crippen LogP contribution in [0.5, 0.6) is 0 Å². The van der Waals surface area contributed by atoms with Gasteiger partial charge in [-0.05, 0) is 37.8 Å². The van der Waals surface area contributed by atoms with Crippen LogP contribution < -0.4 is 0 Å². The summed E-state index contributed by atoms with van der Waals surface area (Å²) in [7, 11) is 0. The first-order chi connectivity index (χ1) is 11.4. The molecule has 0 unspecified atom stereocenters. The number of benzene rings is 1. The van der Waals surface area contributed by atoms with E-state index >= 15 is 0 Å². The van der Waals surface area contributed by atoms with E-state index in [4.69, 9.17) is 4.98 Å². The Bertz CT molecular complexity index is 1040. The van der Waals surface area contributed by atoms with Crippen molar-refractivity contribution in [2.45, 2.75) is 32.7 Å². The van der Waals surface area contributed by atoms with Gasteiger partial charge in [-0.1, -0.05) is 18.2 Å². The smallest absolute Gasteiger partial charge is 0.127 e. The third-order valence-corrected chi connectivity index (χ3v) is 6.09. The van der Waals surface area contributed by atoms with Gasteiger partial charge in [-0.3, -0.25) is 0 Å². The molecule has 5 rings (SSSR count). The van der Waals surface area contributed by atoms with E-state index in [2.05, 4.69) is 46.9 Å². The average molecular weight is 319 g/mol. The van der Waals surface area contributed by atoms with Gasteiger partial charge in [-0.25, -0.2) is 9.97 Å². The molecular formula is C19H17N3S. The standard InChI is InChI=1S/C19H17N3S/c1-2-22-10-14(12-6-3-4-8-15(12)22)18-17-13-7-5-9-16(13)23-19(17)21-11-20-18/h3-4,6,8,10-11H,2,5,7,9H2,1H3. The highest BCUT2D eigenvalue weighted by molar-refractivity contribution is 7.19. The summed E-state index contributed by atoms with van der Waals surface area (Å²) < 4.78 is 2.31. The van der Waals surface area contributed by atoms with Crippen molar-refractivity contribution >= 4 is 32.5 Å². The van der Waals surface area contributed by atoms with Gasteiger partial charge in [0.15, 0.2) is 0 Å². The number of hydrogen-bond acceptors (Lipinski definition) is 3. The zero-order valence-electron chi connectivity index (χ0n) is 13.0. The predicted octanol–water partition coefficient (Wildman–Crippen LogP) is 4.82. The Kier molecular flexibility index (Phi) is 2.82. The van der Waals surface area contributed by atoms with Gasteiger partial charge in [0.25, 0.3) is 0 Å². The molecule has 114 valence electrons. The Hall–Kier alpha value is -2.20. The summed E-state index contributed by atoms with van der Waals surface area (Å²) in [6, 6.07) is 8.62. The first-order valence-electron chi connectivity index (χ1n) is 8.20. The van der Waals surface area contributed by atoms with Crippen molar-refractivity contribution in [3.63, 3.8) is 0 Å². The molecule has 0 radical (unpaired) electrons. The Morgan fingerprint density at radius 3 is 3.00 bits per heavy atom. The number of hydrogen-bond donors (Lipinski definition) is 0. The third kappa shape index (κ3) is 1.81. The van der Waals surface area contributed by atoms with Gasteiger partial charge >= 0.3 is 0 Å². The molecule has 23 heavy (non-hydrogen) atoms. The molecule has 0 atom stereocenters. The van der Waals surface area contributed by atoms with E-state index < -0.39 is 0 Å². The Labute approximate surface area is 138 Å². The van der Waals surface area contributed by atoms with Crippen LogP contribution in [0.3, 0.4) is 0 Å². The molecule has 0 aliphatic heterocycles. The van der Waals surface area contributed by atoms with Gasteiger partial charge in [0.2, 0.25) is 0 Å². The van der Waals surface area contributed by atoms with Crippen LogP contribution in [0.2, 0.25) is 0 Å². The summed E-state index contributed by atoms with van der Waals surface area (Å²) >= 11 is 1.86. The summed E-state index contributed by atoms with van der Waals surface area (Å²) in [4.78, 5) is 11.9. The molecule has 0 bridgehead atoms. The largest absolute Gasteiger partial charge is 0.347 e. The van der Waals surface area contributed by atoms with E-state index in [0.717, 1.165) is 17.1 Å². The summed E-state index contributed by atoms with van der Waals surface area (Å²) in [5, 5.41) is 2.58. The number of thiophene rings is 1. The molecule has 3 aromatic heterocycles. The lowest BCUT2D eigenvalue weighted by atomic mass is 10.0. The summed E-state index contributed by atoms with van der Waals surface area (Å²) in [5.74, 6) is 0. The van der Waals surface area contributed by atoms with Crippen LogP contribution in [0.4, 0.5) is 0 Å². The molecule has 0 fully saturated rings. The molecular weight excluding hydrogens is 302 g/mol. The van der Waals surface area contributed by atoms with Gasteiger partial charge in [-0.15, -0.1) is 11.3 Å². The second kappa shape index (κ2) is 4.90. The summed E-state index contributed by atoms with van der Waals surface area (Å²) in [5.41, 5.74) is 5.12. The number of nitrogens with zero attached hydrogens (tertiary/aromatic N) is 3. The Morgan fingerprint density at radius 1 is 1.17 bits per heavy atom. The van der Waals surface area contributed by atoms with E-state index in [1.165, 1.54) is 51.6 Å². The molecule has 0 saturated carbocycles. The van der Waals surface area contributed by atoms with E-state index in [9.17, 15) is 0 Å². The van der Waals surface area contributed by atoms with Crippen LogP contribution in [0.25, 0.3) is 32.4 Å². The minimum atomic E-state index is 0.969. The van der Waals surface area contributed by atoms with Gasteiger partial charge in [0.05, 0.1) is 5.69 Å². The molecule has 0 saturated heterocycles. The fourth-order valence-corrected chi connectivity index (χ4v) is 5.06. The van der Waals surface area contributed by atoms with Crippen molar-refractivity contribution in [1.29, 1.82) is 0 Å². The topological polar surface area (TPSA) is 30.7 Å². The van der Waals surface area contributed by atoms with Crippen LogP contribution in [0.1, 0.15) is 23.8 Å². The number of para-hydroxylation sites is 1. The van der Waals surface area contributed by atoms with Crippen molar-refractivity contribution in [3.8, 4) is 11.3 Å². The van der Waals surface area contributed by atoms with Crippen LogP contribution >= 0.6 is 11.3 Å². The van der Waals surface area contributed by atoms with Crippen LogP contribution in [-0.4, -0.2) is 14.5 Å². The Balaban J connectivity index is 1.88. The molecule has 4 heteroatoms. The number of fused-ring (bicyclic) bond motifs is 4. The monoisotopic (exact) mass is 319 g/mol. The quantitative estimate of drug-likeness (QED) is 0.530. The van der Waals surface area contributed by atoms with E-state index in [1.807, 2.05) is 11.3 Å². The number of aromatic nitrogens is 3. The molecule has 0 amide bonds. The van der Waals surface area contributed by atoms with Gasteiger partial charge in [0.1, 0.15) is 11.2 Å². The first kappa shape index (κ1) is 13.3. The minimum Gasteiger partial charge on any atom is -0.347 e. The summed E-state index contributed by atoms with van der Waals surface area (Å²) in [6.45, 7) is 3.16. The maximum absolute atomic E-state index is 4.71. The number of aryl methyl sites for hydroxylation is 3. The molecule has 1 aromatic carbocycles. The molecule has 1 aliphatic carbocycles. The fourth-order valence-electron chi connectivity index (χ4n) is 3.83. The Morgan fingerprint density at radius 2 is 2.09 bits per heavy atom. The highest BCUT2D eigenvalue weighted by Gasteiger charge is 2.23. The molecule has 3 nitrogen and oxygen atoms in total.